The van der Waals surface area contributed by atoms with E-state index in [2.05, 4.69) is 40.3 Å². The summed E-state index contributed by atoms with van der Waals surface area (Å²) < 4.78 is 5.17. The van der Waals surface area contributed by atoms with E-state index in [1.54, 1.807) is 0 Å². The third-order valence-electron chi connectivity index (χ3n) is 5.05. The number of esters is 1. The summed E-state index contributed by atoms with van der Waals surface area (Å²) in [5.41, 5.74) is 3.20. The Balaban J connectivity index is 1.65. The number of ether oxygens (including phenoxy) is 1. The maximum Gasteiger partial charge on any atom is 0.309 e. The van der Waals surface area contributed by atoms with E-state index in [0.717, 1.165) is 55.3 Å². The summed E-state index contributed by atoms with van der Waals surface area (Å²) in [6, 6.07) is 14.3. The first-order valence-electron chi connectivity index (χ1n) is 10.4. The Morgan fingerprint density at radius 2 is 2.03 bits per heavy atom. The minimum absolute atomic E-state index is 0.00382. The first kappa shape index (κ1) is 20.8. The Kier molecular flexibility index (Phi) is 7.61. The van der Waals surface area contributed by atoms with Gasteiger partial charge in [-0.15, -0.1) is 0 Å². The van der Waals surface area contributed by atoms with Crippen molar-refractivity contribution in [1.82, 2.24) is 15.2 Å². The molecule has 0 aliphatic carbocycles. The average Bonchev–Trinajstić information content (AvgIpc) is 2.78. The van der Waals surface area contributed by atoms with E-state index in [1.165, 1.54) is 0 Å². The molecule has 0 amide bonds. The van der Waals surface area contributed by atoms with Gasteiger partial charge < -0.3 is 15.0 Å². The lowest BCUT2D eigenvalue weighted by atomic mass is 9.97. The van der Waals surface area contributed by atoms with Crippen molar-refractivity contribution in [3.05, 3.63) is 54.2 Å². The van der Waals surface area contributed by atoms with Gasteiger partial charge in [0.2, 0.25) is 0 Å². The summed E-state index contributed by atoms with van der Waals surface area (Å²) >= 11 is 0. The fraction of sp³-hybridized carbons (Fsp3) is 0.435. The molecule has 0 atom stereocenters. The van der Waals surface area contributed by atoms with Gasteiger partial charge in [-0.25, -0.2) is 4.99 Å². The molecule has 29 heavy (non-hydrogen) atoms. The Morgan fingerprint density at radius 3 is 2.72 bits per heavy atom. The number of aromatic nitrogens is 1. The van der Waals surface area contributed by atoms with Gasteiger partial charge in [0, 0.05) is 31.4 Å². The molecular formula is C23H30N4O2. The number of nitrogens with zero attached hydrogens (tertiary/aromatic N) is 3. The highest BCUT2D eigenvalue weighted by Crippen LogP contribution is 2.20. The number of rotatable bonds is 6. The van der Waals surface area contributed by atoms with Crippen molar-refractivity contribution in [2.45, 2.75) is 33.2 Å². The van der Waals surface area contributed by atoms with Gasteiger partial charge in [-0.1, -0.05) is 24.3 Å². The van der Waals surface area contributed by atoms with Crippen molar-refractivity contribution >= 4 is 11.9 Å². The number of hydrogen-bond acceptors (Lipinski definition) is 4. The average molecular weight is 395 g/mol. The second kappa shape index (κ2) is 10.6. The number of likely N-dealkylation sites (tertiary alicyclic amines) is 1. The van der Waals surface area contributed by atoms with Gasteiger partial charge in [-0.3, -0.25) is 9.78 Å². The molecule has 3 rings (SSSR count). The van der Waals surface area contributed by atoms with Gasteiger partial charge in [0.15, 0.2) is 5.96 Å². The predicted molar refractivity (Wildman–Crippen MR) is 115 cm³/mol. The monoisotopic (exact) mass is 394 g/mol. The molecule has 6 heteroatoms. The van der Waals surface area contributed by atoms with Gasteiger partial charge in [0.1, 0.15) is 0 Å². The van der Waals surface area contributed by atoms with Crippen molar-refractivity contribution < 1.29 is 9.53 Å². The first-order valence-corrected chi connectivity index (χ1v) is 10.4. The maximum atomic E-state index is 12.0. The third kappa shape index (κ3) is 5.79. The fourth-order valence-electron chi connectivity index (χ4n) is 3.54. The summed E-state index contributed by atoms with van der Waals surface area (Å²) in [4.78, 5) is 23.5. The summed E-state index contributed by atoms with van der Waals surface area (Å²) in [6.07, 6.45) is 3.42. The van der Waals surface area contributed by atoms with Crippen LogP contribution in [0, 0.1) is 5.92 Å². The zero-order valence-corrected chi connectivity index (χ0v) is 17.3. The van der Waals surface area contributed by atoms with Crippen molar-refractivity contribution in [1.29, 1.82) is 0 Å². The van der Waals surface area contributed by atoms with Crippen molar-refractivity contribution in [2.75, 3.05) is 26.2 Å². The van der Waals surface area contributed by atoms with Crippen LogP contribution in [0.3, 0.4) is 0 Å². The smallest absolute Gasteiger partial charge is 0.309 e. The summed E-state index contributed by atoms with van der Waals surface area (Å²) in [5, 5.41) is 3.39. The van der Waals surface area contributed by atoms with E-state index in [9.17, 15) is 4.79 Å². The van der Waals surface area contributed by atoms with Gasteiger partial charge in [-0.2, -0.15) is 0 Å². The van der Waals surface area contributed by atoms with Crippen molar-refractivity contribution in [3.8, 4) is 11.3 Å². The van der Waals surface area contributed by atoms with Crippen LogP contribution in [-0.4, -0.2) is 48.1 Å². The third-order valence-corrected chi connectivity index (χ3v) is 5.05. The molecule has 1 N–H and O–H groups in total. The molecule has 1 aromatic heterocycles. The lowest BCUT2D eigenvalue weighted by Gasteiger charge is -2.33. The number of benzene rings is 1. The highest BCUT2D eigenvalue weighted by molar-refractivity contribution is 5.80. The van der Waals surface area contributed by atoms with Gasteiger partial charge in [0.25, 0.3) is 0 Å². The highest BCUT2D eigenvalue weighted by Gasteiger charge is 2.27. The Bertz CT molecular complexity index is 815. The minimum Gasteiger partial charge on any atom is -0.466 e. The normalized spacial score (nSPS) is 15.2. The molecule has 0 unspecified atom stereocenters. The molecule has 6 nitrogen and oxygen atoms in total. The molecule has 0 spiro atoms. The Labute approximate surface area is 173 Å². The lowest BCUT2D eigenvalue weighted by molar-refractivity contribution is -0.149. The van der Waals surface area contributed by atoms with Crippen LogP contribution in [-0.2, 0) is 16.1 Å². The van der Waals surface area contributed by atoms with E-state index in [1.807, 2.05) is 37.4 Å². The zero-order valence-electron chi connectivity index (χ0n) is 17.3. The second-order valence-corrected chi connectivity index (χ2v) is 7.10. The number of nitrogens with one attached hydrogen (secondary N) is 1. The first-order chi connectivity index (χ1) is 14.2. The SMILES string of the molecule is CCNC(=NCc1cccc(-c2ccccn2)c1)N1CCC(C(=O)OCC)CC1. The minimum atomic E-state index is -0.0691. The predicted octanol–water partition coefficient (Wildman–Crippen LogP) is 3.49. The molecule has 2 aromatic rings. The number of carbonyl (C=O) groups is 1. The molecule has 1 aromatic carbocycles. The van der Waals surface area contributed by atoms with E-state index in [4.69, 9.17) is 9.73 Å². The summed E-state index contributed by atoms with van der Waals surface area (Å²) in [6.45, 7) is 7.40. The number of aliphatic imine (C=N–C) groups is 1. The lowest BCUT2D eigenvalue weighted by Crippen LogP contribution is -2.46. The molecule has 1 aliphatic rings. The number of piperidine rings is 1. The van der Waals surface area contributed by atoms with Crippen LogP contribution in [0.1, 0.15) is 32.3 Å². The molecular weight excluding hydrogens is 364 g/mol. The van der Waals surface area contributed by atoms with Crippen LogP contribution < -0.4 is 5.32 Å². The van der Waals surface area contributed by atoms with Gasteiger partial charge in [0.05, 0.1) is 24.8 Å². The van der Waals surface area contributed by atoms with E-state index in [0.29, 0.717) is 13.2 Å². The molecule has 0 radical (unpaired) electrons. The fourth-order valence-corrected chi connectivity index (χ4v) is 3.54. The standard InChI is InChI=1S/C23H30N4O2/c1-3-24-23(27-14-11-19(12-15-27)22(28)29-4-2)26-17-18-8-7-9-20(16-18)21-10-5-6-13-25-21/h5-10,13,16,19H,3-4,11-12,14-15,17H2,1-2H3,(H,24,26). The molecule has 0 saturated carbocycles. The van der Waals surface area contributed by atoms with Gasteiger partial charge in [-0.05, 0) is 50.5 Å². The van der Waals surface area contributed by atoms with E-state index < -0.39 is 0 Å². The molecule has 0 bridgehead atoms. The second-order valence-electron chi connectivity index (χ2n) is 7.10. The van der Waals surface area contributed by atoms with Crippen molar-refractivity contribution in [3.63, 3.8) is 0 Å². The molecule has 1 fully saturated rings. The number of hydrogen-bond donors (Lipinski definition) is 1. The molecule has 1 aliphatic heterocycles. The highest BCUT2D eigenvalue weighted by atomic mass is 16.5. The summed E-state index contributed by atoms with van der Waals surface area (Å²) in [7, 11) is 0. The Morgan fingerprint density at radius 1 is 1.21 bits per heavy atom. The number of pyridine rings is 1. The van der Waals surface area contributed by atoms with Gasteiger partial charge >= 0.3 is 5.97 Å². The van der Waals surface area contributed by atoms with Crippen LogP contribution in [0.2, 0.25) is 0 Å². The van der Waals surface area contributed by atoms with E-state index >= 15 is 0 Å². The summed E-state index contributed by atoms with van der Waals surface area (Å²) in [5.74, 6) is 0.836. The van der Waals surface area contributed by atoms with Crippen molar-refractivity contribution in [2.24, 2.45) is 10.9 Å². The Hall–Kier alpha value is -2.89. The number of carbonyl (C=O) groups excluding carboxylic acids is 1. The molecule has 2 heterocycles. The topological polar surface area (TPSA) is 66.8 Å². The van der Waals surface area contributed by atoms with Crippen LogP contribution in [0.25, 0.3) is 11.3 Å². The van der Waals surface area contributed by atoms with Crippen LogP contribution >= 0.6 is 0 Å². The molecule has 154 valence electrons. The van der Waals surface area contributed by atoms with Crippen LogP contribution in [0.15, 0.2) is 53.7 Å². The molecule has 1 saturated heterocycles. The number of guanidine groups is 1. The van der Waals surface area contributed by atoms with E-state index in [-0.39, 0.29) is 11.9 Å². The quantitative estimate of drug-likeness (QED) is 0.462. The maximum absolute atomic E-state index is 12.0. The van der Waals surface area contributed by atoms with Crippen LogP contribution in [0.5, 0.6) is 0 Å². The van der Waals surface area contributed by atoms with Crippen LogP contribution in [0.4, 0.5) is 0 Å². The zero-order chi connectivity index (χ0) is 20.5. The largest absolute Gasteiger partial charge is 0.466 e.